The minimum absolute atomic E-state index is 0.0327. The van der Waals surface area contributed by atoms with Crippen LogP contribution < -0.4 is 10.1 Å². The number of benzene rings is 1. The molecule has 0 spiro atoms. The van der Waals surface area contributed by atoms with Crippen LogP contribution in [-0.4, -0.2) is 45.5 Å². The molecule has 1 atom stereocenters. The molecule has 1 fully saturated rings. The van der Waals surface area contributed by atoms with Crippen LogP contribution >= 0.6 is 0 Å². The second kappa shape index (κ2) is 5.71. The first-order valence-corrected chi connectivity index (χ1v) is 8.19. The van der Waals surface area contributed by atoms with Gasteiger partial charge in [-0.3, -0.25) is 0 Å². The van der Waals surface area contributed by atoms with Gasteiger partial charge in [-0.1, -0.05) is 0 Å². The lowest BCUT2D eigenvalue weighted by atomic mass is 10.1. The van der Waals surface area contributed by atoms with E-state index in [1.807, 2.05) is 20.8 Å². The zero-order chi connectivity index (χ0) is 14.9. The van der Waals surface area contributed by atoms with Gasteiger partial charge >= 0.3 is 0 Å². The lowest BCUT2D eigenvalue weighted by Gasteiger charge is -2.33. The summed E-state index contributed by atoms with van der Waals surface area (Å²) in [5, 5.41) is 3.21. The molecule has 6 heteroatoms. The average molecular weight is 298 g/mol. The maximum atomic E-state index is 12.9. The van der Waals surface area contributed by atoms with E-state index in [0.29, 0.717) is 30.3 Å². The third kappa shape index (κ3) is 2.68. The Balaban J connectivity index is 2.49. The summed E-state index contributed by atoms with van der Waals surface area (Å²) in [7, 11) is -1.88. The van der Waals surface area contributed by atoms with Crippen molar-refractivity contribution in [1.82, 2.24) is 9.62 Å². The first kappa shape index (κ1) is 15.3. The smallest absolute Gasteiger partial charge is 0.243 e. The van der Waals surface area contributed by atoms with Crippen LogP contribution in [0.25, 0.3) is 0 Å². The fourth-order valence-corrected chi connectivity index (χ4v) is 4.78. The molecule has 1 N–H and O–H groups in total. The van der Waals surface area contributed by atoms with E-state index in [-0.39, 0.29) is 6.04 Å². The average Bonchev–Trinajstić information content (AvgIpc) is 2.37. The summed E-state index contributed by atoms with van der Waals surface area (Å²) in [5.41, 5.74) is 1.46. The highest BCUT2D eigenvalue weighted by Gasteiger charge is 2.33. The molecule has 1 heterocycles. The highest BCUT2D eigenvalue weighted by Crippen LogP contribution is 2.29. The Morgan fingerprint density at radius 2 is 1.90 bits per heavy atom. The zero-order valence-corrected chi connectivity index (χ0v) is 13.3. The van der Waals surface area contributed by atoms with Crippen LogP contribution in [0.2, 0.25) is 0 Å². The van der Waals surface area contributed by atoms with Gasteiger partial charge in [-0.25, -0.2) is 8.42 Å². The van der Waals surface area contributed by atoms with E-state index < -0.39 is 10.0 Å². The Labute approximate surface area is 121 Å². The summed E-state index contributed by atoms with van der Waals surface area (Å²) in [6.07, 6.45) is 0. The van der Waals surface area contributed by atoms with Crippen molar-refractivity contribution in [3.63, 3.8) is 0 Å². The number of hydrogen-bond acceptors (Lipinski definition) is 4. The van der Waals surface area contributed by atoms with Gasteiger partial charge in [0.05, 0.1) is 12.0 Å². The fourth-order valence-electron chi connectivity index (χ4n) is 2.73. The quantitative estimate of drug-likeness (QED) is 0.913. The monoisotopic (exact) mass is 298 g/mol. The summed E-state index contributed by atoms with van der Waals surface area (Å²) in [4.78, 5) is 0.409. The Hall–Kier alpha value is -1.11. The topological polar surface area (TPSA) is 58.6 Å². The molecule has 0 amide bonds. The molecule has 0 aliphatic carbocycles. The molecule has 2 rings (SSSR count). The molecular weight excluding hydrogens is 276 g/mol. The maximum absolute atomic E-state index is 12.9. The molecule has 20 heavy (non-hydrogen) atoms. The molecule has 1 aromatic carbocycles. The van der Waals surface area contributed by atoms with Crippen molar-refractivity contribution >= 4 is 10.0 Å². The van der Waals surface area contributed by atoms with Gasteiger partial charge in [-0.05, 0) is 44.0 Å². The van der Waals surface area contributed by atoms with Crippen LogP contribution in [0.15, 0.2) is 17.0 Å². The summed E-state index contributed by atoms with van der Waals surface area (Å²) in [6.45, 7) is 7.45. The molecular formula is C14H22N2O3S. The van der Waals surface area contributed by atoms with Gasteiger partial charge in [0.15, 0.2) is 0 Å². The van der Waals surface area contributed by atoms with E-state index in [1.165, 1.54) is 0 Å². The minimum Gasteiger partial charge on any atom is -0.497 e. The molecule has 0 saturated carbocycles. The van der Waals surface area contributed by atoms with Crippen molar-refractivity contribution in [3.05, 3.63) is 23.3 Å². The Morgan fingerprint density at radius 3 is 2.40 bits per heavy atom. The molecule has 0 unspecified atom stereocenters. The van der Waals surface area contributed by atoms with E-state index in [0.717, 1.165) is 11.1 Å². The van der Waals surface area contributed by atoms with E-state index in [9.17, 15) is 8.42 Å². The lowest BCUT2D eigenvalue weighted by Crippen LogP contribution is -2.52. The van der Waals surface area contributed by atoms with Gasteiger partial charge < -0.3 is 10.1 Å². The predicted octanol–water partition coefficient (Wildman–Crippen LogP) is 1.29. The number of ether oxygens (including phenoxy) is 1. The lowest BCUT2D eigenvalue weighted by molar-refractivity contribution is 0.283. The zero-order valence-electron chi connectivity index (χ0n) is 12.4. The molecule has 1 aliphatic heterocycles. The largest absolute Gasteiger partial charge is 0.497 e. The maximum Gasteiger partial charge on any atom is 0.243 e. The fraction of sp³-hybridized carbons (Fsp3) is 0.571. The third-order valence-electron chi connectivity index (χ3n) is 3.68. The van der Waals surface area contributed by atoms with E-state index in [4.69, 9.17) is 4.74 Å². The number of piperazine rings is 1. The SMILES string of the molecule is COc1cc(C)c(S(=O)(=O)N2CCNC[C@@H]2C)c(C)c1. The number of nitrogens with one attached hydrogen (secondary N) is 1. The minimum atomic E-state index is -3.46. The Morgan fingerprint density at radius 1 is 1.30 bits per heavy atom. The molecule has 1 saturated heterocycles. The molecule has 5 nitrogen and oxygen atoms in total. The molecule has 112 valence electrons. The Bertz CT molecular complexity index is 575. The van der Waals surface area contributed by atoms with E-state index >= 15 is 0 Å². The number of hydrogen-bond donors (Lipinski definition) is 1. The first-order valence-electron chi connectivity index (χ1n) is 6.75. The van der Waals surface area contributed by atoms with Crippen LogP contribution in [0.5, 0.6) is 5.75 Å². The van der Waals surface area contributed by atoms with Crippen molar-refractivity contribution < 1.29 is 13.2 Å². The number of aryl methyl sites for hydroxylation is 2. The molecule has 1 aromatic rings. The van der Waals surface area contributed by atoms with Gasteiger partial charge in [0.2, 0.25) is 10.0 Å². The van der Waals surface area contributed by atoms with Gasteiger partial charge in [0, 0.05) is 25.7 Å². The highest BCUT2D eigenvalue weighted by molar-refractivity contribution is 7.89. The highest BCUT2D eigenvalue weighted by atomic mass is 32.2. The van der Waals surface area contributed by atoms with Crippen LogP contribution in [-0.2, 0) is 10.0 Å². The molecule has 0 aromatic heterocycles. The van der Waals surface area contributed by atoms with Crippen LogP contribution in [0.3, 0.4) is 0 Å². The van der Waals surface area contributed by atoms with Crippen molar-refractivity contribution in [1.29, 1.82) is 0 Å². The van der Waals surface area contributed by atoms with E-state index in [2.05, 4.69) is 5.32 Å². The van der Waals surface area contributed by atoms with Crippen molar-refractivity contribution in [3.8, 4) is 5.75 Å². The van der Waals surface area contributed by atoms with Crippen molar-refractivity contribution in [2.24, 2.45) is 0 Å². The normalized spacial score (nSPS) is 20.9. The molecule has 1 aliphatic rings. The number of sulfonamides is 1. The van der Waals surface area contributed by atoms with Gasteiger partial charge in [0.25, 0.3) is 0 Å². The van der Waals surface area contributed by atoms with E-state index in [1.54, 1.807) is 23.5 Å². The van der Waals surface area contributed by atoms with Gasteiger partial charge in [-0.15, -0.1) is 0 Å². The van der Waals surface area contributed by atoms with Gasteiger partial charge in [0.1, 0.15) is 5.75 Å². The summed E-state index contributed by atoms with van der Waals surface area (Å²) in [5.74, 6) is 0.687. The van der Waals surface area contributed by atoms with Gasteiger partial charge in [-0.2, -0.15) is 4.31 Å². The van der Waals surface area contributed by atoms with Crippen LogP contribution in [0.4, 0.5) is 0 Å². The number of nitrogens with zero attached hydrogens (tertiary/aromatic N) is 1. The summed E-state index contributed by atoms with van der Waals surface area (Å²) in [6, 6.07) is 3.51. The second-order valence-corrected chi connectivity index (χ2v) is 7.09. The summed E-state index contributed by atoms with van der Waals surface area (Å²) < 4.78 is 32.6. The first-order chi connectivity index (χ1) is 9.37. The van der Waals surface area contributed by atoms with Crippen LogP contribution in [0, 0.1) is 13.8 Å². The second-order valence-electron chi connectivity index (χ2n) is 5.26. The summed E-state index contributed by atoms with van der Waals surface area (Å²) >= 11 is 0. The number of methoxy groups -OCH3 is 1. The van der Waals surface area contributed by atoms with Crippen molar-refractivity contribution in [2.45, 2.75) is 31.7 Å². The van der Waals surface area contributed by atoms with Crippen molar-refractivity contribution in [2.75, 3.05) is 26.7 Å². The molecule has 0 bridgehead atoms. The molecule has 0 radical (unpaired) electrons. The number of rotatable bonds is 3. The Kier molecular flexibility index (Phi) is 4.36. The van der Waals surface area contributed by atoms with Crippen LogP contribution in [0.1, 0.15) is 18.1 Å². The third-order valence-corrected chi connectivity index (χ3v) is 6.00. The predicted molar refractivity (Wildman–Crippen MR) is 78.7 cm³/mol. The standard InChI is InChI=1S/C14H22N2O3S/c1-10-7-13(19-4)8-11(2)14(10)20(17,18)16-6-5-15-9-12(16)3/h7-8,12,15H,5-6,9H2,1-4H3/t12-/m0/s1.